The molecule has 0 saturated heterocycles. The number of esters is 2. The van der Waals surface area contributed by atoms with Gasteiger partial charge in [0.05, 0.1) is 12.4 Å². The van der Waals surface area contributed by atoms with Crippen LogP contribution in [0.25, 0.3) is 5.57 Å². The summed E-state index contributed by atoms with van der Waals surface area (Å²) >= 11 is 0. The van der Waals surface area contributed by atoms with Gasteiger partial charge in [-0.15, -0.1) is 0 Å². The van der Waals surface area contributed by atoms with Gasteiger partial charge in [0.1, 0.15) is 17.5 Å². The van der Waals surface area contributed by atoms with Crippen LogP contribution in [0.2, 0.25) is 0 Å². The van der Waals surface area contributed by atoms with Crippen LogP contribution in [0.3, 0.4) is 0 Å². The van der Waals surface area contributed by atoms with Gasteiger partial charge in [-0.1, -0.05) is 27.4 Å². The fourth-order valence-electron chi connectivity index (χ4n) is 6.82. The van der Waals surface area contributed by atoms with Crippen molar-refractivity contribution in [1.82, 2.24) is 0 Å². The van der Waals surface area contributed by atoms with E-state index in [4.69, 9.17) is 13.9 Å². The van der Waals surface area contributed by atoms with Crippen molar-refractivity contribution in [2.75, 3.05) is 0 Å². The molecule has 3 aliphatic carbocycles. The van der Waals surface area contributed by atoms with Gasteiger partial charge in [-0.3, -0.25) is 9.59 Å². The van der Waals surface area contributed by atoms with Gasteiger partial charge < -0.3 is 24.1 Å². The predicted molar refractivity (Wildman–Crippen MR) is 112 cm³/mol. The Kier molecular flexibility index (Phi) is 4.94. The van der Waals surface area contributed by atoms with E-state index in [9.17, 15) is 19.8 Å². The summed E-state index contributed by atoms with van der Waals surface area (Å²) in [6.45, 7) is 12.5. The average Bonchev–Trinajstić information content (AvgIpc) is 3.14. The molecule has 31 heavy (non-hydrogen) atoms. The van der Waals surface area contributed by atoms with Crippen molar-refractivity contribution in [2.24, 2.45) is 22.7 Å². The SMILES string of the molecule is C=C1c2ccoc2C[C@H]2[C@H]1[C@@H](OC(C)=O)[C@H](OC(C)=O)[C@@]1(O)C(C)(C)CC[C@H](O)[C@]21C. The Morgan fingerprint density at radius 3 is 2.45 bits per heavy atom. The molecule has 7 heteroatoms. The van der Waals surface area contributed by atoms with Crippen LogP contribution in [0.15, 0.2) is 23.3 Å². The summed E-state index contributed by atoms with van der Waals surface area (Å²) in [5.74, 6) is -1.18. The van der Waals surface area contributed by atoms with E-state index < -0.39 is 52.6 Å². The maximum absolute atomic E-state index is 12.5. The van der Waals surface area contributed by atoms with Gasteiger partial charge in [0.25, 0.3) is 0 Å². The Labute approximate surface area is 182 Å². The number of aliphatic hydroxyl groups excluding tert-OH is 1. The molecule has 2 saturated carbocycles. The van der Waals surface area contributed by atoms with Crippen LogP contribution in [-0.2, 0) is 25.5 Å². The Hall–Kier alpha value is -2.12. The van der Waals surface area contributed by atoms with Gasteiger partial charge in [-0.2, -0.15) is 0 Å². The van der Waals surface area contributed by atoms with E-state index in [1.54, 1.807) is 6.26 Å². The second kappa shape index (κ2) is 6.94. The smallest absolute Gasteiger partial charge is 0.303 e. The third kappa shape index (κ3) is 2.79. The highest BCUT2D eigenvalue weighted by Gasteiger charge is 2.76. The van der Waals surface area contributed by atoms with Crippen LogP contribution >= 0.6 is 0 Å². The lowest BCUT2D eigenvalue weighted by atomic mass is 9.39. The zero-order valence-electron chi connectivity index (χ0n) is 18.8. The molecule has 2 N–H and O–H groups in total. The van der Waals surface area contributed by atoms with Crippen molar-refractivity contribution in [3.8, 4) is 0 Å². The molecule has 0 aromatic carbocycles. The van der Waals surface area contributed by atoms with Crippen LogP contribution in [0.1, 0.15) is 58.8 Å². The highest BCUT2D eigenvalue weighted by molar-refractivity contribution is 5.72. The van der Waals surface area contributed by atoms with Crippen molar-refractivity contribution in [3.05, 3.63) is 30.2 Å². The third-order valence-corrected chi connectivity index (χ3v) is 8.35. The molecule has 1 aromatic heterocycles. The molecule has 0 radical (unpaired) electrons. The van der Waals surface area contributed by atoms with Crippen molar-refractivity contribution in [2.45, 2.75) is 77.8 Å². The zero-order chi connectivity index (χ0) is 22.9. The minimum Gasteiger partial charge on any atom is -0.469 e. The van der Waals surface area contributed by atoms with Crippen LogP contribution in [-0.4, -0.2) is 46.1 Å². The maximum atomic E-state index is 12.5. The molecule has 7 atom stereocenters. The summed E-state index contributed by atoms with van der Waals surface area (Å²) in [4.78, 5) is 24.3. The molecule has 4 rings (SSSR count). The normalized spacial score (nSPS) is 40.9. The molecule has 3 aliphatic rings. The molecule has 2 fully saturated rings. The number of carbonyl (C=O) groups is 2. The number of carbonyl (C=O) groups excluding carboxylic acids is 2. The molecule has 0 spiro atoms. The third-order valence-electron chi connectivity index (χ3n) is 8.35. The van der Waals surface area contributed by atoms with E-state index in [0.29, 0.717) is 24.8 Å². The molecule has 0 unspecified atom stereocenters. The van der Waals surface area contributed by atoms with E-state index in [2.05, 4.69) is 6.58 Å². The van der Waals surface area contributed by atoms with Crippen LogP contribution in [0, 0.1) is 22.7 Å². The summed E-state index contributed by atoms with van der Waals surface area (Å²) in [7, 11) is 0. The van der Waals surface area contributed by atoms with Gasteiger partial charge in [-0.25, -0.2) is 0 Å². The van der Waals surface area contributed by atoms with Crippen molar-refractivity contribution in [3.63, 3.8) is 0 Å². The monoisotopic (exact) mass is 432 g/mol. The number of aliphatic hydroxyl groups is 2. The number of ether oxygens (including phenoxy) is 2. The van der Waals surface area contributed by atoms with E-state index in [1.807, 2.05) is 26.8 Å². The highest BCUT2D eigenvalue weighted by Crippen LogP contribution is 2.67. The summed E-state index contributed by atoms with van der Waals surface area (Å²) in [6.07, 6.45) is 0.112. The summed E-state index contributed by atoms with van der Waals surface area (Å²) < 4.78 is 17.2. The highest BCUT2D eigenvalue weighted by atomic mass is 16.6. The minimum atomic E-state index is -1.66. The topological polar surface area (TPSA) is 106 Å². The fourth-order valence-corrected chi connectivity index (χ4v) is 6.82. The van der Waals surface area contributed by atoms with Gasteiger partial charge in [-0.05, 0) is 35.8 Å². The van der Waals surface area contributed by atoms with Gasteiger partial charge in [0.2, 0.25) is 0 Å². The second-order valence-electron chi connectivity index (χ2n) is 10.2. The van der Waals surface area contributed by atoms with Crippen molar-refractivity contribution < 1.29 is 33.7 Å². The first-order valence-electron chi connectivity index (χ1n) is 10.9. The lowest BCUT2D eigenvalue weighted by molar-refractivity contribution is -0.331. The Bertz CT molecular complexity index is 930. The van der Waals surface area contributed by atoms with Gasteiger partial charge in [0, 0.05) is 37.2 Å². The van der Waals surface area contributed by atoms with Crippen LogP contribution < -0.4 is 0 Å². The number of fused-ring (bicyclic) bond motifs is 4. The minimum absolute atomic E-state index is 0.339. The number of furan rings is 1. The average molecular weight is 433 g/mol. The maximum Gasteiger partial charge on any atom is 0.303 e. The predicted octanol–water partition coefficient (Wildman–Crippen LogP) is 2.88. The van der Waals surface area contributed by atoms with E-state index in [0.717, 1.165) is 11.3 Å². The molecule has 1 heterocycles. The molecule has 0 aliphatic heterocycles. The molecular formula is C24H32O7. The number of rotatable bonds is 2. The number of hydrogen-bond donors (Lipinski definition) is 2. The molecule has 0 amide bonds. The number of hydrogen-bond acceptors (Lipinski definition) is 7. The molecule has 7 nitrogen and oxygen atoms in total. The first-order chi connectivity index (χ1) is 14.4. The van der Waals surface area contributed by atoms with Crippen LogP contribution in [0.4, 0.5) is 0 Å². The molecule has 170 valence electrons. The molecular weight excluding hydrogens is 400 g/mol. The largest absolute Gasteiger partial charge is 0.469 e. The summed E-state index contributed by atoms with van der Waals surface area (Å²) in [6, 6.07) is 1.82. The lowest BCUT2D eigenvalue weighted by Crippen LogP contribution is -2.79. The van der Waals surface area contributed by atoms with Gasteiger partial charge >= 0.3 is 11.9 Å². The zero-order valence-corrected chi connectivity index (χ0v) is 18.8. The summed E-state index contributed by atoms with van der Waals surface area (Å²) in [5.41, 5.74) is -1.92. The second-order valence-corrected chi connectivity index (χ2v) is 10.2. The molecule has 1 aromatic rings. The van der Waals surface area contributed by atoms with E-state index in [-0.39, 0.29) is 5.92 Å². The first-order valence-corrected chi connectivity index (χ1v) is 10.9. The quantitative estimate of drug-likeness (QED) is 0.692. The summed E-state index contributed by atoms with van der Waals surface area (Å²) in [5, 5.41) is 23.8. The Morgan fingerprint density at radius 2 is 1.84 bits per heavy atom. The Balaban J connectivity index is 2.00. The van der Waals surface area contributed by atoms with E-state index in [1.165, 1.54) is 13.8 Å². The fraction of sp³-hybridized carbons (Fsp3) is 0.667. The van der Waals surface area contributed by atoms with Crippen molar-refractivity contribution in [1.29, 1.82) is 0 Å². The standard InChI is InChI=1S/C24H32O7/c1-12-15-8-10-29-17(15)11-16-19(12)20(30-13(2)25)21(31-14(3)26)24(28)22(4,5)9-7-18(27)23(16,24)6/h8,10,16,18-21,27-28H,1,7,9,11H2,2-6H3/t16-,18-,19-,20+,21-,23-,24+/m0/s1. The Morgan fingerprint density at radius 1 is 1.19 bits per heavy atom. The molecule has 0 bridgehead atoms. The van der Waals surface area contributed by atoms with Crippen molar-refractivity contribution >= 4 is 17.5 Å². The van der Waals surface area contributed by atoms with Gasteiger partial charge in [0.15, 0.2) is 6.10 Å². The van der Waals surface area contributed by atoms with E-state index >= 15 is 0 Å². The first kappa shape index (κ1) is 22.1. The lowest BCUT2D eigenvalue weighted by Gasteiger charge is -2.69. The van der Waals surface area contributed by atoms with Crippen LogP contribution in [0.5, 0.6) is 0 Å².